The van der Waals surface area contributed by atoms with Gasteiger partial charge in [-0.25, -0.2) is 0 Å². The van der Waals surface area contributed by atoms with Crippen molar-refractivity contribution in [3.05, 3.63) is 59.2 Å². The number of hydrogen-bond acceptors (Lipinski definition) is 3. The molecule has 3 aliphatic heterocycles. The fourth-order valence-corrected chi connectivity index (χ4v) is 5.43. The highest BCUT2D eigenvalue weighted by Gasteiger charge is 2.34. The van der Waals surface area contributed by atoms with Crippen LogP contribution >= 0.6 is 0 Å². The highest BCUT2D eigenvalue weighted by atomic mass is 16.2. The Morgan fingerprint density at radius 1 is 0.938 bits per heavy atom. The first-order valence-corrected chi connectivity index (χ1v) is 12.1. The lowest BCUT2D eigenvalue weighted by Crippen LogP contribution is -2.46. The van der Waals surface area contributed by atoms with E-state index in [1.165, 1.54) is 0 Å². The van der Waals surface area contributed by atoms with Gasteiger partial charge in [-0.3, -0.25) is 14.5 Å². The molecule has 2 aromatic rings. The summed E-state index contributed by atoms with van der Waals surface area (Å²) < 4.78 is 0. The van der Waals surface area contributed by atoms with Crippen molar-refractivity contribution in [2.24, 2.45) is 0 Å². The van der Waals surface area contributed by atoms with Crippen molar-refractivity contribution in [3.8, 4) is 11.1 Å². The molecule has 0 unspecified atom stereocenters. The highest BCUT2D eigenvalue weighted by Crippen LogP contribution is 2.29. The van der Waals surface area contributed by atoms with E-state index >= 15 is 0 Å². The van der Waals surface area contributed by atoms with Crippen LogP contribution in [0.4, 0.5) is 0 Å². The minimum atomic E-state index is 0.133. The summed E-state index contributed by atoms with van der Waals surface area (Å²) in [6, 6.07) is 15.0. The first-order chi connectivity index (χ1) is 15.5. The Morgan fingerprint density at radius 2 is 1.66 bits per heavy atom. The predicted octanol–water partition coefficient (Wildman–Crippen LogP) is 4.07. The zero-order chi connectivity index (χ0) is 22.2. The maximum Gasteiger partial charge on any atom is 0.254 e. The van der Waals surface area contributed by atoms with E-state index < -0.39 is 0 Å². The van der Waals surface area contributed by atoms with E-state index in [4.69, 9.17) is 0 Å². The van der Waals surface area contributed by atoms with E-state index in [0.717, 1.165) is 86.2 Å². The van der Waals surface area contributed by atoms with Crippen LogP contribution in [0.3, 0.4) is 0 Å². The van der Waals surface area contributed by atoms with Crippen LogP contribution in [-0.2, 0) is 6.42 Å². The molecule has 2 aromatic carbocycles. The molecule has 32 heavy (non-hydrogen) atoms. The Hall–Kier alpha value is -2.66. The van der Waals surface area contributed by atoms with Crippen LogP contribution in [0.15, 0.2) is 42.5 Å². The van der Waals surface area contributed by atoms with Crippen LogP contribution in [-0.4, -0.2) is 71.3 Å². The van der Waals surface area contributed by atoms with Crippen LogP contribution < -0.4 is 0 Å². The summed E-state index contributed by atoms with van der Waals surface area (Å²) in [7, 11) is 0. The molecule has 5 nitrogen and oxygen atoms in total. The third-order valence-electron chi connectivity index (χ3n) is 7.44. The normalized spacial score (nSPS) is 21.5. The van der Waals surface area contributed by atoms with E-state index in [9.17, 15) is 9.59 Å². The minimum Gasteiger partial charge on any atom is -0.339 e. The zero-order valence-corrected chi connectivity index (χ0v) is 19.2. The Kier molecular flexibility index (Phi) is 5.76. The van der Waals surface area contributed by atoms with E-state index in [2.05, 4.69) is 29.7 Å². The fourth-order valence-electron chi connectivity index (χ4n) is 5.43. The minimum absolute atomic E-state index is 0.133. The van der Waals surface area contributed by atoms with Gasteiger partial charge in [0.25, 0.3) is 11.8 Å². The molecular weight excluding hydrogens is 398 g/mol. The first-order valence-electron chi connectivity index (χ1n) is 12.1. The van der Waals surface area contributed by atoms with Gasteiger partial charge >= 0.3 is 0 Å². The molecule has 168 valence electrons. The van der Waals surface area contributed by atoms with Crippen molar-refractivity contribution in [1.29, 1.82) is 0 Å². The third-order valence-corrected chi connectivity index (χ3v) is 7.44. The van der Waals surface area contributed by atoms with Gasteiger partial charge in [0.2, 0.25) is 0 Å². The summed E-state index contributed by atoms with van der Waals surface area (Å²) in [5.74, 6) is 0.313. The first kappa shape index (κ1) is 21.2. The number of carbonyl (C=O) groups excluding carboxylic acids is 2. The summed E-state index contributed by atoms with van der Waals surface area (Å²) in [5.41, 5.74) is 4.94. The Bertz CT molecular complexity index is 1010. The van der Waals surface area contributed by atoms with Crippen molar-refractivity contribution < 1.29 is 9.59 Å². The van der Waals surface area contributed by atoms with Crippen LogP contribution in [0.2, 0.25) is 0 Å². The molecule has 0 saturated carbocycles. The molecule has 2 amide bonds. The van der Waals surface area contributed by atoms with Gasteiger partial charge in [-0.1, -0.05) is 24.3 Å². The van der Waals surface area contributed by atoms with Crippen molar-refractivity contribution in [3.63, 3.8) is 0 Å². The SMILES string of the molecule is CC(C)N1CC[C@@H](N2CCc3cc(-c4ccc(C(=O)N5CCCC5)cc4)ccc3C2=O)C1. The molecule has 3 heterocycles. The molecule has 2 saturated heterocycles. The molecule has 0 spiro atoms. The van der Waals surface area contributed by atoms with Gasteiger partial charge in [0.05, 0.1) is 0 Å². The molecule has 0 bridgehead atoms. The van der Waals surface area contributed by atoms with Gasteiger partial charge in [-0.05, 0) is 74.4 Å². The summed E-state index contributed by atoms with van der Waals surface area (Å²) >= 11 is 0. The number of amides is 2. The average Bonchev–Trinajstić information content (AvgIpc) is 3.51. The quantitative estimate of drug-likeness (QED) is 0.733. The van der Waals surface area contributed by atoms with Gasteiger partial charge < -0.3 is 9.80 Å². The average molecular weight is 432 g/mol. The predicted molar refractivity (Wildman–Crippen MR) is 127 cm³/mol. The lowest BCUT2D eigenvalue weighted by molar-refractivity contribution is 0.0660. The fraction of sp³-hybridized carbons (Fsp3) is 0.481. The zero-order valence-electron chi connectivity index (χ0n) is 19.2. The van der Waals surface area contributed by atoms with Crippen LogP contribution in [0.25, 0.3) is 11.1 Å². The Labute approximate surface area is 191 Å². The molecular formula is C27H33N3O2. The van der Waals surface area contributed by atoms with Crippen molar-refractivity contribution in [1.82, 2.24) is 14.7 Å². The second-order valence-electron chi connectivity index (χ2n) is 9.73. The second kappa shape index (κ2) is 8.70. The van der Waals surface area contributed by atoms with Gasteiger partial charge in [0.15, 0.2) is 0 Å². The molecule has 2 fully saturated rings. The van der Waals surface area contributed by atoms with Gasteiger partial charge in [-0.15, -0.1) is 0 Å². The lowest BCUT2D eigenvalue weighted by atomic mass is 9.93. The van der Waals surface area contributed by atoms with Crippen LogP contribution in [0, 0.1) is 0 Å². The molecule has 0 radical (unpaired) electrons. The number of nitrogens with zero attached hydrogens (tertiary/aromatic N) is 3. The van der Waals surface area contributed by atoms with Crippen molar-refractivity contribution in [2.45, 2.75) is 51.6 Å². The topological polar surface area (TPSA) is 43.9 Å². The van der Waals surface area contributed by atoms with Gasteiger partial charge in [0.1, 0.15) is 0 Å². The smallest absolute Gasteiger partial charge is 0.254 e. The molecule has 3 aliphatic rings. The molecule has 5 rings (SSSR count). The number of carbonyl (C=O) groups is 2. The molecule has 1 atom stereocenters. The lowest BCUT2D eigenvalue weighted by Gasteiger charge is -2.34. The summed E-state index contributed by atoms with van der Waals surface area (Å²) in [6.07, 6.45) is 4.18. The number of hydrogen-bond donors (Lipinski definition) is 0. The van der Waals surface area contributed by atoms with Crippen LogP contribution in [0.1, 0.15) is 59.4 Å². The number of fused-ring (bicyclic) bond motifs is 1. The van der Waals surface area contributed by atoms with Crippen LogP contribution in [0.5, 0.6) is 0 Å². The highest BCUT2D eigenvalue weighted by molar-refractivity contribution is 5.98. The van der Waals surface area contributed by atoms with Crippen molar-refractivity contribution in [2.75, 3.05) is 32.7 Å². The van der Waals surface area contributed by atoms with Gasteiger partial charge in [-0.2, -0.15) is 0 Å². The maximum atomic E-state index is 13.2. The molecule has 0 N–H and O–H groups in total. The monoisotopic (exact) mass is 431 g/mol. The Morgan fingerprint density at radius 3 is 2.34 bits per heavy atom. The summed E-state index contributed by atoms with van der Waals surface area (Å²) in [6.45, 7) is 9.06. The second-order valence-corrected chi connectivity index (χ2v) is 9.73. The summed E-state index contributed by atoms with van der Waals surface area (Å²) in [5, 5.41) is 0. The maximum absolute atomic E-state index is 13.2. The van der Waals surface area contributed by atoms with E-state index in [1.807, 2.05) is 41.3 Å². The molecule has 5 heteroatoms. The Balaban J connectivity index is 1.31. The standard InChI is InChI=1S/C27H33N3O2/c1-19(2)29-15-12-24(18-29)30-16-11-23-17-22(9-10-25(23)27(30)32)20-5-7-21(8-6-20)26(31)28-13-3-4-14-28/h5-10,17,19,24H,3-4,11-16,18H2,1-2H3/t24-/m1/s1. The van der Waals surface area contributed by atoms with E-state index in [0.29, 0.717) is 12.1 Å². The van der Waals surface area contributed by atoms with Crippen molar-refractivity contribution >= 4 is 11.8 Å². The third kappa shape index (κ3) is 3.95. The van der Waals surface area contributed by atoms with E-state index in [-0.39, 0.29) is 11.8 Å². The number of benzene rings is 2. The molecule has 0 aromatic heterocycles. The van der Waals surface area contributed by atoms with Gasteiger partial charge in [0, 0.05) is 55.9 Å². The largest absolute Gasteiger partial charge is 0.339 e. The number of likely N-dealkylation sites (tertiary alicyclic amines) is 2. The summed E-state index contributed by atoms with van der Waals surface area (Å²) in [4.78, 5) is 32.3. The molecule has 0 aliphatic carbocycles. The van der Waals surface area contributed by atoms with E-state index in [1.54, 1.807) is 0 Å². The number of rotatable bonds is 4.